The number of likely N-dealkylation sites (N-methyl/N-ethyl adjacent to an activating group) is 1. The van der Waals surface area contributed by atoms with Gasteiger partial charge in [0.2, 0.25) is 5.91 Å². The van der Waals surface area contributed by atoms with E-state index in [4.69, 9.17) is 0 Å². The first-order chi connectivity index (χ1) is 7.32. The van der Waals surface area contributed by atoms with E-state index in [1.165, 1.54) is 12.8 Å². The van der Waals surface area contributed by atoms with Gasteiger partial charge in [-0.05, 0) is 39.8 Å². The molecule has 2 N–H and O–H groups in total. The third-order valence-corrected chi connectivity index (χ3v) is 3.04. The number of amides is 1. The van der Waals surface area contributed by atoms with Crippen LogP contribution in [0, 0.1) is 11.8 Å². The molecule has 2 unspecified atom stereocenters. The molecule has 1 aliphatic carbocycles. The molecule has 16 heavy (non-hydrogen) atoms. The Morgan fingerprint density at radius 2 is 2.12 bits per heavy atom. The predicted octanol–water partition coefficient (Wildman–Crippen LogP) is 0.461. The van der Waals surface area contributed by atoms with Crippen molar-refractivity contribution in [1.82, 2.24) is 10.2 Å². The van der Waals surface area contributed by atoms with Crippen LogP contribution < -0.4 is 5.32 Å². The van der Waals surface area contributed by atoms with Gasteiger partial charge >= 0.3 is 0 Å². The van der Waals surface area contributed by atoms with E-state index in [9.17, 15) is 9.90 Å². The van der Waals surface area contributed by atoms with Crippen molar-refractivity contribution in [3.05, 3.63) is 0 Å². The minimum atomic E-state index is -0.859. The maximum atomic E-state index is 11.7. The van der Waals surface area contributed by atoms with Gasteiger partial charge in [-0.1, -0.05) is 6.92 Å². The van der Waals surface area contributed by atoms with Gasteiger partial charge in [-0.25, -0.2) is 0 Å². The van der Waals surface area contributed by atoms with Crippen LogP contribution in [-0.4, -0.2) is 48.7 Å². The van der Waals surface area contributed by atoms with E-state index < -0.39 is 5.60 Å². The van der Waals surface area contributed by atoms with E-state index >= 15 is 0 Å². The van der Waals surface area contributed by atoms with Gasteiger partial charge in [-0.2, -0.15) is 0 Å². The molecule has 4 heteroatoms. The smallest absolute Gasteiger partial charge is 0.223 e. The standard InChI is InChI=1S/C12H24N2O2/c1-9(10-5-6-10)11(15)13-7-12(2,16)8-14(3)4/h9-10,16H,5-8H2,1-4H3,(H,13,15). The molecular weight excluding hydrogens is 204 g/mol. The van der Waals surface area contributed by atoms with Gasteiger partial charge in [-0.3, -0.25) is 4.79 Å². The fourth-order valence-corrected chi connectivity index (χ4v) is 1.99. The van der Waals surface area contributed by atoms with Crippen LogP contribution >= 0.6 is 0 Å². The Morgan fingerprint density at radius 1 is 1.56 bits per heavy atom. The van der Waals surface area contributed by atoms with E-state index in [2.05, 4.69) is 5.32 Å². The van der Waals surface area contributed by atoms with E-state index in [1.807, 2.05) is 25.9 Å². The van der Waals surface area contributed by atoms with Gasteiger partial charge in [0.1, 0.15) is 0 Å². The SMILES string of the molecule is CC(C(=O)NCC(C)(O)CN(C)C)C1CC1. The molecule has 0 radical (unpaired) electrons. The number of nitrogens with zero attached hydrogens (tertiary/aromatic N) is 1. The van der Waals surface area contributed by atoms with Gasteiger partial charge < -0.3 is 15.3 Å². The van der Waals surface area contributed by atoms with Crippen LogP contribution in [0.4, 0.5) is 0 Å². The highest BCUT2D eigenvalue weighted by atomic mass is 16.3. The summed E-state index contributed by atoms with van der Waals surface area (Å²) >= 11 is 0. The van der Waals surface area contributed by atoms with E-state index in [0.29, 0.717) is 19.0 Å². The Morgan fingerprint density at radius 3 is 2.56 bits per heavy atom. The molecule has 0 aromatic heterocycles. The zero-order chi connectivity index (χ0) is 12.3. The fraction of sp³-hybridized carbons (Fsp3) is 0.917. The van der Waals surface area contributed by atoms with E-state index in [-0.39, 0.29) is 11.8 Å². The maximum Gasteiger partial charge on any atom is 0.223 e. The summed E-state index contributed by atoms with van der Waals surface area (Å²) in [4.78, 5) is 13.6. The minimum Gasteiger partial charge on any atom is -0.387 e. The number of hydrogen-bond acceptors (Lipinski definition) is 3. The van der Waals surface area contributed by atoms with E-state index in [1.54, 1.807) is 6.92 Å². The second-order valence-corrected chi connectivity index (χ2v) is 5.58. The van der Waals surface area contributed by atoms with Crippen molar-refractivity contribution in [3.8, 4) is 0 Å². The van der Waals surface area contributed by atoms with Crippen molar-refractivity contribution in [1.29, 1.82) is 0 Å². The Balaban J connectivity index is 2.29. The highest BCUT2D eigenvalue weighted by Crippen LogP contribution is 2.36. The molecule has 0 aromatic rings. The minimum absolute atomic E-state index is 0.0709. The Bertz CT molecular complexity index is 247. The summed E-state index contributed by atoms with van der Waals surface area (Å²) in [6.45, 7) is 4.58. The highest BCUT2D eigenvalue weighted by molar-refractivity contribution is 5.78. The zero-order valence-corrected chi connectivity index (χ0v) is 10.8. The van der Waals surface area contributed by atoms with Crippen molar-refractivity contribution in [2.75, 3.05) is 27.2 Å². The third-order valence-electron chi connectivity index (χ3n) is 3.04. The first-order valence-electron chi connectivity index (χ1n) is 5.96. The second-order valence-electron chi connectivity index (χ2n) is 5.58. The molecule has 0 aliphatic heterocycles. The topological polar surface area (TPSA) is 52.6 Å². The maximum absolute atomic E-state index is 11.7. The molecule has 0 aromatic carbocycles. The summed E-state index contributed by atoms with van der Waals surface area (Å²) < 4.78 is 0. The number of nitrogens with one attached hydrogen (secondary N) is 1. The predicted molar refractivity (Wildman–Crippen MR) is 64.1 cm³/mol. The van der Waals surface area contributed by atoms with E-state index in [0.717, 1.165) is 0 Å². The summed E-state index contributed by atoms with van der Waals surface area (Å²) in [6, 6.07) is 0. The molecule has 2 atom stereocenters. The van der Waals surface area contributed by atoms with Crippen molar-refractivity contribution in [2.24, 2.45) is 11.8 Å². The molecule has 1 aliphatic rings. The molecule has 1 amide bonds. The van der Waals surface area contributed by atoms with Gasteiger partial charge in [0, 0.05) is 19.0 Å². The lowest BCUT2D eigenvalue weighted by molar-refractivity contribution is -0.126. The van der Waals surface area contributed by atoms with Gasteiger partial charge in [0.05, 0.1) is 5.60 Å². The quantitative estimate of drug-likeness (QED) is 0.694. The largest absolute Gasteiger partial charge is 0.387 e. The average molecular weight is 228 g/mol. The zero-order valence-electron chi connectivity index (χ0n) is 10.8. The molecule has 94 valence electrons. The van der Waals surface area contributed by atoms with Crippen LogP contribution in [0.3, 0.4) is 0 Å². The fourth-order valence-electron chi connectivity index (χ4n) is 1.99. The van der Waals surface area contributed by atoms with Crippen LogP contribution in [0.1, 0.15) is 26.7 Å². The third kappa shape index (κ3) is 4.49. The highest BCUT2D eigenvalue weighted by Gasteiger charge is 2.33. The Labute approximate surface area is 98.0 Å². The van der Waals surface area contributed by atoms with Crippen molar-refractivity contribution < 1.29 is 9.90 Å². The summed E-state index contributed by atoms with van der Waals surface area (Å²) in [5.74, 6) is 0.732. The molecule has 1 rings (SSSR count). The van der Waals surface area contributed by atoms with Crippen molar-refractivity contribution in [3.63, 3.8) is 0 Å². The first kappa shape index (κ1) is 13.5. The summed E-state index contributed by atoms with van der Waals surface area (Å²) in [5, 5.41) is 12.8. The number of hydrogen-bond donors (Lipinski definition) is 2. The molecule has 1 saturated carbocycles. The van der Waals surface area contributed by atoms with Gasteiger partial charge in [0.15, 0.2) is 0 Å². The molecule has 0 heterocycles. The molecular formula is C12H24N2O2. The van der Waals surface area contributed by atoms with Crippen LogP contribution in [0.5, 0.6) is 0 Å². The number of carbonyl (C=O) groups excluding carboxylic acids is 1. The van der Waals surface area contributed by atoms with Crippen LogP contribution in [0.2, 0.25) is 0 Å². The summed E-state index contributed by atoms with van der Waals surface area (Å²) in [5.41, 5.74) is -0.859. The van der Waals surface area contributed by atoms with Crippen molar-refractivity contribution >= 4 is 5.91 Å². The lowest BCUT2D eigenvalue weighted by Gasteiger charge is -2.27. The number of carbonyl (C=O) groups is 1. The van der Waals surface area contributed by atoms with Crippen LogP contribution in [0.25, 0.3) is 0 Å². The van der Waals surface area contributed by atoms with Crippen LogP contribution in [0.15, 0.2) is 0 Å². The molecule has 1 fully saturated rings. The molecule has 0 spiro atoms. The summed E-state index contributed by atoms with van der Waals surface area (Å²) in [7, 11) is 3.81. The van der Waals surface area contributed by atoms with Gasteiger partial charge in [-0.15, -0.1) is 0 Å². The lowest BCUT2D eigenvalue weighted by Crippen LogP contribution is -2.48. The number of rotatable bonds is 6. The Kier molecular flexibility index (Phi) is 4.33. The lowest BCUT2D eigenvalue weighted by atomic mass is 10.0. The molecule has 0 bridgehead atoms. The first-order valence-corrected chi connectivity index (χ1v) is 5.96. The molecule has 4 nitrogen and oxygen atoms in total. The molecule has 0 saturated heterocycles. The second kappa shape index (κ2) is 5.15. The summed E-state index contributed by atoms with van der Waals surface area (Å²) in [6.07, 6.45) is 2.34. The average Bonchev–Trinajstić information content (AvgIpc) is 2.94. The van der Waals surface area contributed by atoms with Gasteiger partial charge in [0.25, 0.3) is 0 Å². The normalized spacial score (nSPS) is 21.6. The van der Waals surface area contributed by atoms with Crippen LogP contribution in [-0.2, 0) is 4.79 Å². The number of aliphatic hydroxyl groups is 1. The monoisotopic (exact) mass is 228 g/mol. The Hall–Kier alpha value is -0.610. The van der Waals surface area contributed by atoms with Crippen molar-refractivity contribution in [2.45, 2.75) is 32.3 Å².